The van der Waals surface area contributed by atoms with Crippen molar-refractivity contribution in [1.82, 2.24) is 9.55 Å². The van der Waals surface area contributed by atoms with Crippen LogP contribution in [0.15, 0.2) is 35.0 Å². The summed E-state index contributed by atoms with van der Waals surface area (Å²) in [5.74, 6) is 0.828. The van der Waals surface area contributed by atoms with Crippen LogP contribution in [-0.2, 0) is 7.05 Å². The molecule has 0 aliphatic rings. The molecule has 2 rings (SSSR count). The summed E-state index contributed by atoms with van der Waals surface area (Å²) in [6.07, 6.45) is 5.32. The van der Waals surface area contributed by atoms with Crippen LogP contribution in [0.2, 0.25) is 0 Å². The van der Waals surface area contributed by atoms with Crippen LogP contribution in [0.4, 0.5) is 5.00 Å². The lowest BCUT2D eigenvalue weighted by Crippen LogP contribution is -1.96. The molecule has 0 aromatic carbocycles. The minimum absolute atomic E-state index is 0.828. The normalized spacial score (nSPS) is 10.9. The van der Waals surface area contributed by atoms with Crippen LogP contribution >= 0.6 is 11.3 Å². The van der Waals surface area contributed by atoms with Crippen molar-refractivity contribution in [2.75, 3.05) is 5.43 Å². The zero-order valence-corrected chi connectivity index (χ0v) is 8.53. The van der Waals surface area contributed by atoms with Gasteiger partial charge in [0.05, 0.1) is 6.21 Å². The molecule has 0 amide bonds. The zero-order valence-electron chi connectivity index (χ0n) is 7.71. The number of aryl methyl sites for hydroxylation is 1. The van der Waals surface area contributed by atoms with Crippen LogP contribution in [-0.4, -0.2) is 15.8 Å². The lowest BCUT2D eigenvalue weighted by atomic mass is 10.6. The molecule has 0 bridgehead atoms. The van der Waals surface area contributed by atoms with Crippen LogP contribution in [0.5, 0.6) is 0 Å². The molecule has 0 saturated carbocycles. The van der Waals surface area contributed by atoms with Gasteiger partial charge in [0.2, 0.25) is 0 Å². The summed E-state index contributed by atoms with van der Waals surface area (Å²) >= 11 is 1.61. The molecule has 0 aliphatic carbocycles. The quantitative estimate of drug-likeness (QED) is 0.616. The van der Waals surface area contributed by atoms with Crippen molar-refractivity contribution in [3.05, 3.63) is 35.7 Å². The van der Waals surface area contributed by atoms with Gasteiger partial charge in [0.25, 0.3) is 0 Å². The van der Waals surface area contributed by atoms with Crippen molar-refractivity contribution in [1.29, 1.82) is 0 Å². The van der Waals surface area contributed by atoms with Gasteiger partial charge in [-0.25, -0.2) is 4.98 Å². The van der Waals surface area contributed by atoms with Gasteiger partial charge in [0.15, 0.2) is 5.82 Å². The maximum Gasteiger partial charge on any atom is 0.152 e. The number of hydrogen-bond acceptors (Lipinski definition) is 4. The highest BCUT2D eigenvalue weighted by Gasteiger charge is 1.92. The fraction of sp³-hybridized carbons (Fsp3) is 0.111. The number of anilines is 1. The van der Waals surface area contributed by atoms with Gasteiger partial charge in [0.1, 0.15) is 5.00 Å². The van der Waals surface area contributed by atoms with Crippen molar-refractivity contribution >= 4 is 22.6 Å². The van der Waals surface area contributed by atoms with Gasteiger partial charge in [0, 0.05) is 19.4 Å². The fourth-order valence-corrected chi connectivity index (χ4v) is 1.56. The van der Waals surface area contributed by atoms with E-state index in [-0.39, 0.29) is 0 Å². The van der Waals surface area contributed by atoms with Crippen molar-refractivity contribution in [2.45, 2.75) is 0 Å². The second-order valence-electron chi connectivity index (χ2n) is 2.74. The summed E-state index contributed by atoms with van der Waals surface area (Å²) in [5, 5.41) is 7.09. The van der Waals surface area contributed by atoms with E-state index < -0.39 is 0 Å². The molecule has 1 N–H and O–H groups in total. The summed E-state index contributed by atoms with van der Waals surface area (Å²) in [4.78, 5) is 4.11. The molecule has 72 valence electrons. The lowest BCUT2D eigenvalue weighted by Gasteiger charge is -1.94. The van der Waals surface area contributed by atoms with Crippen LogP contribution in [0.25, 0.3) is 0 Å². The number of imidazole rings is 1. The van der Waals surface area contributed by atoms with E-state index in [2.05, 4.69) is 15.5 Å². The standard InChI is InChI=1S/C9H10N4S/c1-13-5-4-10-8(13)7-11-12-9-3-2-6-14-9/h2-7,12H,1H3/b11-7+. The summed E-state index contributed by atoms with van der Waals surface area (Å²) < 4.78 is 1.90. The first-order chi connectivity index (χ1) is 6.86. The molecule has 0 spiro atoms. The SMILES string of the molecule is Cn1ccnc1/C=N/Nc1cccs1. The summed E-state index contributed by atoms with van der Waals surface area (Å²) in [5.41, 5.74) is 2.92. The van der Waals surface area contributed by atoms with Crippen LogP contribution in [0.1, 0.15) is 5.82 Å². The predicted octanol–water partition coefficient (Wildman–Crippen LogP) is 1.93. The van der Waals surface area contributed by atoms with E-state index in [0.29, 0.717) is 0 Å². The minimum atomic E-state index is 0.828. The lowest BCUT2D eigenvalue weighted by molar-refractivity contribution is 0.901. The van der Waals surface area contributed by atoms with Crippen molar-refractivity contribution < 1.29 is 0 Å². The third-order valence-corrected chi connectivity index (χ3v) is 2.51. The zero-order chi connectivity index (χ0) is 9.80. The van der Waals surface area contributed by atoms with E-state index >= 15 is 0 Å². The Balaban J connectivity index is 1.99. The molecule has 5 heteroatoms. The molecular weight excluding hydrogens is 196 g/mol. The fourth-order valence-electron chi connectivity index (χ4n) is 0.997. The van der Waals surface area contributed by atoms with Gasteiger partial charge in [-0.2, -0.15) is 5.10 Å². The molecule has 0 radical (unpaired) electrons. The second-order valence-corrected chi connectivity index (χ2v) is 3.69. The van der Waals surface area contributed by atoms with E-state index in [1.54, 1.807) is 23.7 Å². The first kappa shape index (κ1) is 8.96. The molecule has 0 atom stereocenters. The van der Waals surface area contributed by atoms with E-state index in [1.807, 2.05) is 35.3 Å². The first-order valence-electron chi connectivity index (χ1n) is 4.16. The highest BCUT2D eigenvalue weighted by atomic mass is 32.1. The summed E-state index contributed by atoms with van der Waals surface area (Å²) in [6, 6.07) is 3.95. The van der Waals surface area contributed by atoms with Crippen molar-refractivity contribution in [2.24, 2.45) is 12.1 Å². The number of nitrogens with one attached hydrogen (secondary N) is 1. The average Bonchev–Trinajstić information content (AvgIpc) is 2.78. The van der Waals surface area contributed by atoms with Crippen LogP contribution in [0, 0.1) is 0 Å². The first-order valence-corrected chi connectivity index (χ1v) is 5.04. The number of hydrogen-bond donors (Lipinski definition) is 1. The predicted molar refractivity (Wildman–Crippen MR) is 58.7 cm³/mol. The molecule has 0 unspecified atom stereocenters. The molecule has 2 aromatic heterocycles. The van der Waals surface area contributed by atoms with E-state index in [9.17, 15) is 0 Å². The maximum atomic E-state index is 4.11. The number of nitrogens with zero attached hydrogens (tertiary/aromatic N) is 3. The largest absolute Gasteiger partial charge is 0.333 e. The Morgan fingerprint density at radius 3 is 3.21 bits per heavy atom. The van der Waals surface area contributed by atoms with Crippen molar-refractivity contribution in [3.8, 4) is 0 Å². The summed E-state index contributed by atoms with van der Waals surface area (Å²) in [7, 11) is 1.93. The Kier molecular flexibility index (Phi) is 2.60. The third kappa shape index (κ3) is 2.00. The van der Waals surface area contributed by atoms with Crippen molar-refractivity contribution in [3.63, 3.8) is 0 Å². The minimum Gasteiger partial charge on any atom is -0.333 e. The Hall–Kier alpha value is -1.62. The van der Waals surface area contributed by atoms with Gasteiger partial charge in [-0.15, -0.1) is 11.3 Å². The van der Waals surface area contributed by atoms with Gasteiger partial charge >= 0.3 is 0 Å². The maximum absolute atomic E-state index is 4.11. The molecule has 14 heavy (non-hydrogen) atoms. The number of rotatable bonds is 3. The third-order valence-electron chi connectivity index (χ3n) is 1.73. The second kappa shape index (κ2) is 4.06. The Morgan fingerprint density at radius 2 is 2.57 bits per heavy atom. The van der Waals surface area contributed by atoms with Gasteiger partial charge in [-0.05, 0) is 17.5 Å². The highest BCUT2D eigenvalue weighted by molar-refractivity contribution is 7.14. The average molecular weight is 206 g/mol. The van der Waals surface area contributed by atoms with Crippen LogP contribution < -0.4 is 5.43 Å². The number of hydrazone groups is 1. The van der Waals surface area contributed by atoms with E-state index in [1.165, 1.54) is 0 Å². The van der Waals surface area contributed by atoms with Gasteiger partial charge < -0.3 is 4.57 Å². The molecule has 0 aliphatic heterocycles. The van der Waals surface area contributed by atoms with E-state index in [0.717, 1.165) is 10.8 Å². The van der Waals surface area contributed by atoms with E-state index in [4.69, 9.17) is 0 Å². The highest BCUT2D eigenvalue weighted by Crippen LogP contribution is 2.14. The Bertz CT molecular complexity index is 416. The number of aromatic nitrogens is 2. The molecule has 4 nitrogen and oxygen atoms in total. The Morgan fingerprint density at radius 1 is 1.64 bits per heavy atom. The monoisotopic (exact) mass is 206 g/mol. The molecule has 0 fully saturated rings. The molecule has 2 aromatic rings. The molecule has 0 saturated heterocycles. The van der Waals surface area contributed by atoms with Gasteiger partial charge in [-0.3, -0.25) is 5.43 Å². The molecule has 2 heterocycles. The van der Waals surface area contributed by atoms with Crippen LogP contribution in [0.3, 0.4) is 0 Å². The molecular formula is C9H10N4S. The summed E-state index contributed by atoms with van der Waals surface area (Å²) in [6.45, 7) is 0. The van der Waals surface area contributed by atoms with Gasteiger partial charge in [-0.1, -0.05) is 0 Å². The smallest absolute Gasteiger partial charge is 0.152 e. The Labute approximate surface area is 85.9 Å². The number of thiophene rings is 1. The topological polar surface area (TPSA) is 42.2 Å².